The maximum atomic E-state index is 12.5. The molecule has 1 heterocycles. The van der Waals surface area contributed by atoms with Crippen LogP contribution in [0.2, 0.25) is 0 Å². The molecule has 0 aliphatic carbocycles. The molecule has 0 unspecified atom stereocenters. The minimum Gasteiger partial charge on any atom is -0.385 e. The number of carbonyl (C=O) groups is 2. The first-order valence-corrected chi connectivity index (χ1v) is 9.03. The zero-order valence-corrected chi connectivity index (χ0v) is 15.6. The number of rotatable bonds is 7. The zero-order chi connectivity index (χ0) is 17.4. The predicted molar refractivity (Wildman–Crippen MR) is 95.1 cm³/mol. The summed E-state index contributed by atoms with van der Waals surface area (Å²) in [6.07, 6.45) is 0.826. The third-order valence-electron chi connectivity index (χ3n) is 4.11. The molecule has 2 rings (SSSR count). The Morgan fingerprint density at radius 1 is 1.25 bits per heavy atom. The molecule has 1 aliphatic heterocycles. The fourth-order valence-electron chi connectivity index (χ4n) is 2.71. The van der Waals surface area contributed by atoms with Crippen LogP contribution in [0.15, 0.2) is 28.7 Å². The quantitative estimate of drug-likeness (QED) is 0.632. The Balaban J connectivity index is 1.72. The second kappa shape index (κ2) is 9.76. The number of quaternary nitrogens is 1. The Hall–Kier alpha value is -1.44. The number of halogens is 1. The van der Waals surface area contributed by atoms with Crippen molar-refractivity contribution >= 4 is 27.7 Å². The molecule has 6 nitrogen and oxygen atoms in total. The Morgan fingerprint density at radius 2 is 1.92 bits per heavy atom. The van der Waals surface area contributed by atoms with Crippen LogP contribution in [0.5, 0.6) is 0 Å². The van der Waals surface area contributed by atoms with E-state index in [1.165, 1.54) is 4.90 Å². The van der Waals surface area contributed by atoms with Gasteiger partial charge in [0.15, 0.2) is 6.54 Å². The number of nitrogens with one attached hydrogen (secondary N) is 2. The molecule has 0 aromatic heterocycles. The maximum Gasteiger partial charge on any atom is 0.275 e. The van der Waals surface area contributed by atoms with Crippen molar-refractivity contribution in [2.45, 2.75) is 6.42 Å². The second-order valence-corrected chi connectivity index (χ2v) is 6.84. The summed E-state index contributed by atoms with van der Waals surface area (Å²) in [5, 5.41) is 2.91. The topological polar surface area (TPSA) is 63.1 Å². The highest BCUT2D eigenvalue weighted by Crippen LogP contribution is 2.12. The lowest BCUT2D eigenvalue weighted by molar-refractivity contribution is -0.896. The SMILES string of the molecule is COCCCNC(=O)C[NH+]1CCN(C(=O)c2ccc(Br)cc2)CC1. The van der Waals surface area contributed by atoms with E-state index >= 15 is 0 Å². The predicted octanol–water partition coefficient (Wildman–Crippen LogP) is -0.0575. The Morgan fingerprint density at radius 3 is 2.54 bits per heavy atom. The first-order valence-electron chi connectivity index (χ1n) is 8.24. The molecule has 7 heteroatoms. The van der Waals surface area contributed by atoms with E-state index < -0.39 is 0 Å². The molecule has 132 valence electrons. The lowest BCUT2D eigenvalue weighted by Gasteiger charge is -2.32. The summed E-state index contributed by atoms with van der Waals surface area (Å²) in [4.78, 5) is 27.4. The minimum atomic E-state index is 0.0607. The van der Waals surface area contributed by atoms with Crippen LogP contribution in [0.3, 0.4) is 0 Å². The van der Waals surface area contributed by atoms with Crippen molar-refractivity contribution in [2.24, 2.45) is 0 Å². The summed E-state index contributed by atoms with van der Waals surface area (Å²) in [5.41, 5.74) is 0.706. The molecule has 1 aliphatic rings. The van der Waals surface area contributed by atoms with Gasteiger partial charge in [-0.15, -0.1) is 0 Å². The maximum absolute atomic E-state index is 12.5. The summed E-state index contributed by atoms with van der Waals surface area (Å²) in [6.45, 7) is 4.73. The molecule has 0 atom stereocenters. The number of hydrogen-bond acceptors (Lipinski definition) is 3. The number of hydrogen-bond donors (Lipinski definition) is 2. The van der Waals surface area contributed by atoms with Crippen LogP contribution >= 0.6 is 15.9 Å². The Labute approximate surface area is 151 Å². The molecule has 1 saturated heterocycles. The van der Waals surface area contributed by atoms with Crippen LogP contribution in [0.1, 0.15) is 16.8 Å². The van der Waals surface area contributed by atoms with E-state index in [9.17, 15) is 9.59 Å². The summed E-state index contributed by atoms with van der Waals surface area (Å²) in [6, 6.07) is 7.42. The molecule has 1 aromatic carbocycles. The van der Waals surface area contributed by atoms with Gasteiger partial charge in [-0.3, -0.25) is 9.59 Å². The van der Waals surface area contributed by atoms with E-state index in [0.717, 1.165) is 24.0 Å². The molecule has 0 bridgehead atoms. The van der Waals surface area contributed by atoms with E-state index in [1.54, 1.807) is 7.11 Å². The van der Waals surface area contributed by atoms with Gasteiger partial charge in [0.05, 0.1) is 26.2 Å². The van der Waals surface area contributed by atoms with Gasteiger partial charge in [0.2, 0.25) is 0 Å². The van der Waals surface area contributed by atoms with Crippen molar-refractivity contribution in [1.82, 2.24) is 10.2 Å². The van der Waals surface area contributed by atoms with E-state index in [4.69, 9.17) is 4.74 Å². The first kappa shape index (κ1) is 18.9. The Bertz CT molecular complexity index is 543. The minimum absolute atomic E-state index is 0.0607. The number of methoxy groups -OCH3 is 1. The number of piperazine rings is 1. The smallest absolute Gasteiger partial charge is 0.275 e. The molecule has 24 heavy (non-hydrogen) atoms. The lowest BCUT2D eigenvalue weighted by Crippen LogP contribution is -3.15. The van der Waals surface area contributed by atoms with Gasteiger partial charge in [-0.2, -0.15) is 0 Å². The van der Waals surface area contributed by atoms with Gasteiger partial charge in [-0.1, -0.05) is 15.9 Å². The normalized spacial score (nSPS) is 15.3. The first-order chi connectivity index (χ1) is 11.6. The monoisotopic (exact) mass is 398 g/mol. The number of nitrogens with zero attached hydrogens (tertiary/aromatic N) is 1. The van der Waals surface area contributed by atoms with Gasteiger partial charge in [0, 0.05) is 30.3 Å². The van der Waals surface area contributed by atoms with Crippen molar-refractivity contribution in [3.8, 4) is 0 Å². The van der Waals surface area contributed by atoms with Crippen LogP contribution in [0.25, 0.3) is 0 Å². The highest BCUT2D eigenvalue weighted by molar-refractivity contribution is 9.10. The highest BCUT2D eigenvalue weighted by Gasteiger charge is 2.25. The fourth-order valence-corrected chi connectivity index (χ4v) is 2.98. The molecule has 0 radical (unpaired) electrons. The van der Waals surface area contributed by atoms with Crippen LogP contribution in [-0.4, -0.2) is 69.7 Å². The number of ether oxygens (including phenoxy) is 1. The molecule has 2 amide bonds. The third kappa shape index (κ3) is 5.89. The highest BCUT2D eigenvalue weighted by atomic mass is 79.9. The molecule has 2 N–H and O–H groups in total. The average molecular weight is 399 g/mol. The number of benzene rings is 1. The summed E-state index contributed by atoms with van der Waals surface area (Å²) < 4.78 is 5.92. The van der Waals surface area contributed by atoms with Gasteiger partial charge >= 0.3 is 0 Å². The average Bonchev–Trinajstić information content (AvgIpc) is 2.59. The molecular weight excluding hydrogens is 374 g/mol. The van der Waals surface area contributed by atoms with Crippen molar-refractivity contribution in [3.05, 3.63) is 34.3 Å². The van der Waals surface area contributed by atoms with Crippen molar-refractivity contribution in [2.75, 3.05) is 53.0 Å². The van der Waals surface area contributed by atoms with Crippen LogP contribution < -0.4 is 10.2 Å². The van der Waals surface area contributed by atoms with Gasteiger partial charge < -0.3 is 19.9 Å². The second-order valence-electron chi connectivity index (χ2n) is 5.92. The van der Waals surface area contributed by atoms with Crippen molar-refractivity contribution in [3.63, 3.8) is 0 Å². The van der Waals surface area contributed by atoms with Crippen LogP contribution in [0, 0.1) is 0 Å². The molecule has 0 saturated carbocycles. The van der Waals surface area contributed by atoms with E-state index in [1.807, 2.05) is 29.2 Å². The number of amides is 2. The van der Waals surface area contributed by atoms with E-state index in [0.29, 0.717) is 38.3 Å². The summed E-state index contributed by atoms with van der Waals surface area (Å²) in [5.74, 6) is 0.124. The summed E-state index contributed by atoms with van der Waals surface area (Å²) >= 11 is 3.37. The molecule has 1 fully saturated rings. The van der Waals surface area contributed by atoms with Gasteiger partial charge in [0.1, 0.15) is 0 Å². The van der Waals surface area contributed by atoms with E-state index in [2.05, 4.69) is 21.2 Å². The van der Waals surface area contributed by atoms with Crippen LogP contribution in [-0.2, 0) is 9.53 Å². The zero-order valence-electron chi connectivity index (χ0n) is 14.0. The molecular formula is C17H25BrN3O3+. The largest absolute Gasteiger partial charge is 0.385 e. The third-order valence-corrected chi connectivity index (χ3v) is 4.64. The molecule has 1 aromatic rings. The van der Waals surface area contributed by atoms with Gasteiger partial charge in [-0.25, -0.2) is 0 Å². The van der Waals surface area contributed by atoms with Crippen LogP contribution in [0.4, 0.5) is 0 Å². The summed E-state index contributed by atoms with van der Waals surface area (Å²) in [7, 11) is 1.65. The Kier molecular flexibility index (Phi) is 7.68. The van der Waals surface area contributed by atoms with E-state index in [-0.39, 0.29) is 11.8 Å². The standard InChI is InChI=1S/C17H24BrN3O3/c1-24-12-2-7-19-16(22)13-20-8-10-21(11-9-20)17(23)14-3-5-15(18)6-4-14/h3-6H,2,7-13H2,1H3,(H,19,22)/p+1. The number of carbonyl (C=O) groups excluding carboxylic acids is 2. The fraction of sp³-hybridized carbons (Fsp3) is 0.529. The molecule has 0 spiro atoms. The lowest BCUT2D eigenvalue weighted by atomic mass is 10.2. The van der Waals surface area contributed by atoms with Gasteiger partial charge in [-0.05, 0) is 30.7 Å². The van der Waals surface area contributed by atoms with Gasteiger partial charge in [0.25, 0.3) is 11.8 Å². The van der Waals surface area contributed by atoms with Crippen molar-refractivity contribution < 1.29 is 19.2 Å². The van der Waals surface area contributed by atoms with Crippen molar-refractivity contribution in [1.29, 1.82) is 0 Å².